The lowest BCUT2D eigenvalue weighted by atomic mass is 10.1. The second kappa shape index (κ2) is 8.68. The van der Waals surface area contributed by atoms with Crippen molar-refractivity contribution in [1.82, 2.24) is 0 Å². The van der Waals surface area contributed by atoms with Crippen LogP contribution in [-0.4, -0.2) is 36.3 Å². The molecule has 0 radical (unpaired) electrons. The number of hydrogen-bond donors (Lipinski definition) is 0. The number of amides is 2. The van der Waals surface area contributed by atoms with Gasteiger partial charge in [0.05, 0.1) is 17.9 Å². The summed E-state index contributed by atoms with van der Waals surface area (Å²) in [5.74, 6) is -1.02. The zero-order chi connectivity index (χ0) is 21.0. The molecule has 1 heterocycles. The predicted molar refractivity (Wildman–Crippen MR) is 105 cm³/mol. The Kier molecular flexibility index (Phi) is 6.07. The molecule has 7 heteroatoms. The molecule has 0 aromatic heterocycles. The molecule has 7 nitrogen and oxygen atoms in total. The van der Waals surface area contributed by atoms with E-state index in [4.69, 9.17) is 9.47 Å². The van der Waals surface area contributed by atoms with Gasteiger partial charge in [0.15, 0.2) is 6.10 Å². The number of esters is 1. The molecular weight excluding hydrogens is 374 g/mol. The van der Waals surface area contributed by atoms with E-state index in [9.17, 15) is 19.2 Å². The topological polar surface area (TPSA) is 90.0 Å². The summed E-state index contributed by atoms with van der Waals surface area (Å²) in [6.07, 6.45) is -0.693. The molecule has 1 saturated heterocycles. The summed E-state index contributed by atoms with van der Waals surface area (Å²) in [5, 5.41) is 0. The molecule has 0 spiro atoms. The number of ketones is 1. The quantitative estimate of drug-likeness (QED) is 0.406. The fourth-order valence-corrected chi connectivity index (χ4v) is 3.04. The Morgan fingerprint density at radius 3 is 2.28 bits per heavy atom. The summed E-state index contributed by atoms with van der Waals surface area (Å²) in [6.45, 7) is 3.88. The van der Waals surface area contributed by atoms with Crippen LogP contribution in [0.3, 0.4) is 0 Å². The summed E-state index contributed by atoms with van der Waals surface area (Å²) in [5.41, 5.74) is 0.870. The van der Waals surface area contributed by atoms with Crippen LogP contribution in [0.15, 0.2) is 48.5 Å². The number of carbonyl (C=O) groups is 4. The highest BCUT2D eigenvalue weighted by Crippen LogP contribution is 2.24. The number of anilines is 1. The van der Waals surface area contributed by atoms with Gasteiger partial charge in [-0.3, -0.25) is 19.3 Å². The number of hydrogen-bond acceptors (Lipinski definition) is 6. The van der Waals surface area contributed by atoms with Gasteiger partial charge in [-0.2, -0.15) is 0 Å². The highest BCUT2D eigenvalue weighted by molar-refractivity contribution is 6.20. The summed E-state index contributed by atoms with van der Waals surface area (Å²) >= 11 is 0. The average Bonchev–Trinajstić information content (AvgIpc) is 3.06. The number of Topliss-reactive ketones (excluding diaryl/α,β-unsaturated/α-hetero) is 1. The van der Waals surface area contributed by atoms with Crippen molar-refractivity contribution >= 4 is 29.3 Å². The second-order valence-corrected chi connectivity index (χ2v) is 6.54. The standard InChI is InChI=1S/C22H21NO6/c1-3-28-18-9-7-15(8-10-18)21(26)14(2)29-22(27)16-5-4-6-17(13-16)23-19(24)11-12-20(23)25/h4-10,13-14H,3,11-12H2,1-2H3/t14-/m1/s1. The third-order valence-electron chi connectivity index (χ3n) is 4.49. The lowest BCUT2D eigenvalue weighted by molar-refractivity contribution is -0.121. The van der Waals surface area contributed by atoms with E-state index in [1.807, 2.05) is 6.92 Å². The largest absolute Gasteiger partial charge is 0.494 e. The Bertz CT molecular complexity index is 934. The SMILES string of the molecule is CCOc1ccc(C(=O)[C@@H](C)OC(=O)c2cccc(N3C(=O)CCC3=O)c2)cc1. The highest BCUT2D eigenvalue weighted by Gasteiger charge is 2.31. The Labute approximate surface area is 168 Å². The van der Waals surface area contributed by atoms with E-state index >= 15 is 0 Å². The van der Waals surface area contributed by atoms with Gasteiger partial charge >= 0.3 is 5.97 Å². The van der Waals surface area contributed by atoms with Crippen LogP contribution in [0.2, 0.25) is 0 Å². The average molecular weight is 395 g/mol. The minimum atomic E-state index is -1.00. The van der Waals surface area contributed by atoms with E-state index in [1.54, 1.807) is 36.4 Å². The van der Waals surface area contributed by atoms with Gasteiger partial charge in [0.1, 0.15) is 5.75 Å². The van der Waals surface area contributed by atoms with E-state index < -0.39 is 12.1 Å². The molecule has 150 valence electrons. The number of rotatable bonds is 7. The van der Waals surface area contributed by atoms with Gasteiger partial charge in [-0.25, -0.2) is 4.79 Å². The van der Waals surface area contributed by atoms with Crippen molar-refractivity contribution in [3.05, 3.63) is 59.7 Å². The van der Waals surface area contributed by atoms with Crippen LogP contribution < -0.4 is 9.64 Å². The fourth-order valence-electron chi connectivity index (χ4n) is 3.04. The first kappa shape index (κ1) is 20.3. The second-order valence-electron chi connectivity index (χ2n) is 6.54. The minimum Gasteiger partial charge on any atom is -0.494 e. The van der Waals surface area contributed by atoms with Gasteiger partial charge in [-0.1, -0.05) is 6.07 Å². The Balaban J connectivity index is 1.69. The van der Waals surface area contributed by atoms with Crippen molar-refractivity contribution in [2.45, 2.75) is 32.8 Å². The molecule has 3 rings (SSSR count). The van der Waals surface area contributed by atoms with Crippen molar-refractivity contribution in [2.24, 2.45) is 0 Å². The molecule has 0 saturated carbocycles. The molecule has 0 aliphatic carbocycles. The number of nitrogens with zero attached hydrogens (tertiary/aromatic N) is 1. The van der Waals surface area contributed by atoms with Crippen LogP contribution in [0.5, 0.6) is 5.75 Å². The number of benzene rings is 2. The number of carbonyl (C=O) groups excluding carboxylic acids is 4. The number of ether oxygens (including phenoxy) is 2. The van der Waals surface area contributed by atoms with Crippen LogP contribution in [0.25, 0.3) is 0 Å². The maximum absolute atomic E-state index is 12.5. The van der Waals surface area contributed by atoms with Gasteiger partial charge in [0, 0.05) is 18.4 Å². The van der Waals surface area contributed by atoms with Crippen molar-refractivity contribution in [1.29, 1.82) is 0 Å². The molecule has 29 heavy (non-hydrogen) atoms. The smallest absolute Gasteiger partial charge is 0.338 e. The summed E-state index contributed by atoms with van der Waals surface area (Å²) in [7, 11) is 0. The zero-order valence-electron chi connectivity index (χ0n) is 16.2. The Morgan fingerprint density at radius 1 is 1.00 bits per heavy atom. The van der Waals surface area contributed by atoms with Crippen molar-refractivity contribution in [2.75, 3.05) is 11.5 Å². The lowest BCUT2D eigenvalue weighted by Crippen LogP contribution is -2.29. The first-order valence-electron chi connectivity index (χ1n) is 9.34. The first-order valence-corrected chi connectivity index (χ1v) is 9.34. The summed E-state index contributed by atoms with van der Waals surface area (Å²) in [4.78, 5) is 49.8. The minimum absolute atomic E-state index is 0.154. The molecule has 2 aromatic rings. The van der Waals surface area contributed by atoms with Gasteiger partial charge in [0.2, 0.25) is 17.6 Å². The fraction of sp³-hybridized carbons (Fsp3) is 0.273. The van der Waals surface area contributed by atoms with Gasteiger partial charge < -0.3 is 9.47 Å². The molecule has 2 aromatic carbocycles. The molecule has 0 N–H and O–H groups in total. The predicted octanol–water partition coefficient (Wildman–Crippen LogP) is 3.17. The highest BCUT2D eigenvalue weighted by atomic mass is 16.5. The number of imide groups is 1. The van der Waals surface area contributed by atoms with Crippen molar-refractivity contribution in [3.8, 4) is 5.75 Å². The Hall–Kier alpha value is -3.48. The van der Waals surface area contributed by atoms with E-state index in [-0.39, 0.29) is 36.0 Å². The zero-order valence-corrected chi connectivity index (χ0v) is 16.2. The molecule has 1 atom stereocenters. The van der Waals surface area contributed by atoms with E-state index in [0.29, 0.717) is 23.6 Å². The monoisotopic (exact) mass is 395 g/mol. The van der Waals surface area contributed by atoms with Gasteiger partial charge in [0.25, 0.3) is 0 Å². The molecule has 1 aliphatic heterocycles. The van der Waals surface area contributed by atoms with Crippen LogP contribution in [0.1, 0.15) is 47.4 Å². The van der Waals surface area contributed by atoms with E-state index in [2.05, 4.69) is 0 Å². The summed E-state index contributed by atoms with van der Waals surface area (Å²) in [6, 6.07) is 12.6. The molecule has 0 bridgehead atoms. The van der Waals surface area contributed by atoms with Crippen LogP contribution in [0.4, 0.5) is 5.69 Å². The van der Waals surface area contributed by atoms with Crippen LogP contribution in [0, 0.1) is 0 Å². The van der Waals surface area contributed by atoms with Crippen LogP contribution >= 0.6 is 0 Å². The van der Waals surface area contributed by atoms with Crippen molar-refractivity contribution in [3.63, 3.8) is 0 Å². The maximum atomic E-state index is 12.5. The lowest BCUT2D eigenvalue weighted by Gasteiger charge is -2.16. The third kappa shape index (κ3) is 4.51. The molecular formula is C22H21NO6. The van der Waals surface area contributed by atoms with E-state index in [1.165, 1.54) is 19.1 Å². The van der Waals surface area contributed by atoms with Crippen molar-refractivity contribution < 1.29 is 28.7 Å². The Morgan fingerprint density at radius 2 is 1.66 bits per heavy atom. The first-order chi connectivity index (χ1) is 13.9. The summed E-state index contributed by atoms with van der Waals surface area (Å²) < 4.78 is 10.6. The molecule has 1 aliphatic rings. The van der Waals surface area contributed by atoms with E-state index in [0.717, 1.165) is 4.90 Å². The molecule has 1 fully saturated rings. The normalized spacial score (nSPS) is 14.6. The molecule has 0 unspecified atom stereocenters. The van der Waals surface area contributed by atoms with Crippen LogP contribution in [-0.2, 0) is 14.3 Å². The molecule has 2 amide bonds. The van der Waals surface area contributed by atoms with Gasteiger partial charge in [-0.05, 0) is 56.3 Å². The third-order valence-corrected chi connectivity index (χ3v) is 4.49. The maximum Gasteiger partial charge on any atom is 0.338 e. The van der Waals surface area contributed by atoms with Gasteiger partial charge in [-0.15, -0.1) is 0 Å².